The molecule has 30 heavy (non-hydrogen) atoms. The predicted molar refractivity (Wildman–Crippen MR) is 120 cm³/mol. The van der Waals surface area contributed by atoms with E-state index in [-0.39, 0.29) is 11.4 Å². The van der Waals surface area contributed by atoms with E-state index in [1.54, 1.807) is 24.3 Å². The number of imide groups is 1. The fourth-order valence-corrected chi connectivity index (χ4v) is 3.70. The zero-order valence-electron chi connectivity index (χ0n) is 16.6. The standard InChI is InChI=1S/C22H21ClN2O4S/c1-3-10-29-17-8-5-15(6-9-17)11-19-21(27)25(22(28)30-19)13-20(26)24-16-7-4-14(2)18(23)12-16/h4-9,11-12H,3,10,13H2,1-2H3,(H,24,26)/b19-11-. The second-order valence-electron chi connectivity index (χ2n) is 6.70. The molecule has 0 unspecified atom stereocenters. The minimum absolute atomic E-state index is 0.272. The van der Waals surface area contributed by atoms with Crippen LogP contribution in [0.15, 0.2) is 47.4 Å². The quantitative estimate of drug-likeness (QED) is 0.600. The third-order valence-corrected chi connectivity index (χ3v) is 5.60. The van der Waals surface area contributed by atoms with Gasteiger partial charge in [0.2, 0.25) is 5.91 Å². The van der Waals surface area contributed by atoms with Crippen LogP contribution in [0.5, 0.6) is 5.75 Å². The van der Waals surface area contributed by atoms with Crippen molar-refractivity contribution in [3.05, 3.63) is 63.5 Å². The molecule has 0 saturated carbocycles. The van der Waals surface area contributed by atoms with Gasteiger partial charge in [0.1, 0.15) is 12.3 Å². The van der Waals surface area contributed by atoms with Crippen LogP contribution in [0.2, 0.25) is 5.02 Å². The maximum absolute atomic E-state index is 12.6. The van der Waals surface area contributed by atoms with Gasteiger partial charge in [0.25, 0.3) is 11.1 Å². The molecule has 0 spiro atoms. The number of aryl methyl sites for hydroxylation is 1. The first-order valence-corrected chi connectivity index (χ1v) is 10.6. The number of rotatable bonds is 7. The summed E-state index contributed by atoms with van der Waals surface area (Å²) in [5, 5.41) is 2.69. The van der Waals surface area contributed by atoms with Crippen LogP contribution in [0, 0.1) is 6.92 Å². The molecule has 2 aromatic carbocycles. The Bertz CT molecular complexity index is 1000. The van der Waals surface area contributed by atoms with E-state index in [0.717, 1.165) is 40.0 Å². The van der Waals surface area contributed by atoms with Gasteiger partial charge in [0, 0.05) is 10.7 Å². The first kappa shape index (κ1) is 21.9. The maximum Gasteiger partial charge on any atom is 0.294 e. The van der Waals surface area contributed by atoms with Crippen LogP contribution < -0.4 is 10.1 Å². The summed E-state index contributed by atoms with van der Waals surface area (Å²) in [5.41, 5.74) is 2.15. The maximum atomic E-state index is 12.6. The molecule has 0 atom stereocenters. The Labute approximate surface area is 184 Å². The van der Waals surface area contributed by atoms with Crippen molar-refractivity contribution < 1.29 is 19.1 Å². The van der Waals surface area contributed by atoms with Gasteiger partial charge in [-0.3, -0.25) is 19.3 Å². The molecular weight excluding hydrogens is 424 g/mol. The summed E-state index contributed by atoms with van der Waals surface area (Å²) in [5.74, 6) is -0.223. The summed E-state index contributed by atoms with van der Waals surface area (Å²) in [6, 6.07) is 12.4. The molecule has 3 rings (SSSR count). The number of nitrogens with one attached hydrogen (secondary N) is 1. The van der Waals surface area contributed by atoms with Crippen molar-refractivity contribution in [1.29, 1.82) is 0 Å². The highest BCUT2D eigenvalue weighted by Crippen LogP contribution is 2.32. The second-order valence-corrected chi connectivity index (χ2v) is 8.10. The summed E-state index contributed by atoms with van der Waals surface area (Å²) in [7, 11) is 0. The number of thioether (sulfide) groups is 1. The third kappa shape index (κ3) is 5.43. The first-order valence-electron chi connectivity index (χ1n) is 9.41. The summed E-state index contributed by atoms with van der Waals surface area (Å²) < 4.78 is 5.53. The number of hydrogen-bond acceptors (Lipinski definition) is 5. The van der Waals surface area contributed by atoms with Gasteiger partial charge in [-0.2, -0.15) is 0 Å². The number of nitrogens with zero attached hydrogens (tertiary/aromatic N) is 1. The molecule has 1 heterocycles. The first-order chi connectivity index (χ1) is 14.4. The highest BCUT2D eigenvalue weighted by Gasteiger charge is 2.36. The third-order valence-electron chi connectivity index (χ3n) is 4.28. The van der Waals surface area contributed by atoms with E-state index in [1.165, 1.54) is 0 Å². The highest BCUT2D eigenvalue weighted by atomic mass is 35.5. The van der Waals surface area contributed by atoms with Gasteiger partial charge >= 0.3 is 0 Å². The number of ether oxygens (including phenoxy) is 1. The fraction of sp³-hybridized carbons (Fsp3) is 0.227. The van der Waals surface area contributed by atoms with E-state index in [9.17, 15) is 14.4 Å². The molecule has 8 heteroatoms. The molecule has 1 saturated heterocycles. The molecule has 2 aromatic rings. The molecule has 1 fully saturated rings. The zero-order valence-corrected chi connectivity index (χ0v) is 18.2. The lowest BCUT2D eigenvalue weighted by Crippen LogP contribution is -2.36. The lowest BCUT2D eigenvalue weighted by molar-refractivity contribution is -0.127. The number of carbonyl (C=O) groups excluding carboxylic acids is 3. The predicted octanol–water partition coefficient (Wildman–Crippen LogP) is 5.11. The lowest BCUT2D eigenvalue weighted by atomic mass is 10.2. The fourth-order valence-electron chi connectivity index (χ4n) is 2.68. The van der Waals surface area contributed by atoms with E-state index in [2.05, 4.69) is 5.32 Å². The Morgan fingerprint density at radius 1 is 1.20 bits per heavy atom. The highest BCUT2D eigenvalue weighted by molar-refractivity contribution is 8.18. The largest absolute Gasteiger partial charge is 0.494 e. The van der Waals surface area contributed by atoms with E-state index in [1.807, 2.05) is 38.1 Å². The normalized spacial score (nSPS) is 15.0. The Morgan fingerprint density at radius 3 is 2.60 bits per heavy atom. The summed E-state index contributed by atoms with van der Waals surface area (Å²) in [6.07, 6.45) is 2.55. The molecular formula is C22H21ClN2O4S. The molecule has 1 aliphatic heterocycles. The zero-order chi connectivity index (χ0) is 21.7. The molecule has 156 valence electrons. The number of hydrogen-bond donors (Lipinski definition) is 1. The van der Waals surface area contributed by atoms with Crippen molar-refractivity contribution in [3.63, 3.8) is 0 Å². The Kier molecular flexibility index (Phi) is 7.18. The molecule has 0 radical (unpaired) electrons. The van der Waals surface area contributed by atoms with Crippen LogP contribution in [0.25, 0.3) is 6.08 Å². The topological polar surface area (TPSA) is 75.7 Å². The van der Waals surface area contributed by atoms with Gasteiger partial charge in [-0.1, -0.05) is 36.7 Å². The lowest BCUT2D eigenvalue weighted by Gasteiger charge is -2.13. The Balaban J connectivity index is 1.64. The van der Waals surface area contributed by atoms with Gasteiger partial charge in [-0.05, 0) is 66.6 Å². The average Bonchev–Trinajstić information content (AvgIpc) is 2.97. The van der Waals surface area contributed by atoms with Gasteiger partial charge in [0.15, 0.2) is 0 Å². The number of anilines is 1. The Hall–Kier alpha value is -2.77. The van der Waals surface area contributed by atoms with Crippen LogP contribution in [0.1, 0.15) is 24.5 Å². The molecule has 6 nitrogen and oxygen atoms in total. The molecule has 1 N–H and O–H groups in total. The van der Waals surface area contributed by atoms with Crippen LogP contribution in [-0.4, -0.2) is 35.1 Å². The molecule has 1 aliphatic rings. The van der Waals surface area contributed by atoms with Crippen LogP contribution in [0.3, 0.4) is 0 Å². The monoisotopic (exact) mass is 444 g/mol. The van der Waals surface area contributed by atoms with Crippen LogP contribution >= 0.6 is 23.4 Å². The van der Waals surface area contributed by atoms with Crippen LogP contribution in [0.4, 0.5) is 10.5 Å². The van der Waals surface area contributed by atoms with E-state index in [4.69, 9.17) is 16.3 Å². The van der Waals surface area contributed by atoms with Crippen LogP contribution in [-0.2, 0) is 9.59 Å². The minimum Gasteiger partial charge on any atom is -0.494 e. The summed E-state index contributed by atoms with van der Waals surface area (Å²) in [4.78, 5) is 38.4. The van der Waals surface area contributed by atoms with Crippen molar-refractivity contribution in [2.45, 2.75) is 20.3 Å². The summed E-state index contributed by atoms with van der Waals surface area (Å²) >= 11 is 6.87. The SMILES string of the molecule is CCCOc1ccc(/C=C2\SC(=O)N(CC(=O)Nc3ccc(C)c(Cl)c3)C2=O)cc1. The van der Waals surface area contributed by atoms with Crippen molar-refractivity contribution in [1.82, 2.24) is 4.90 Å². The molecule has 0 bridgehead atoms. The van der Waals surface area contributed by atoms with Gasteiger partial charge < -0.3 is 10.1 Å². The van der Waals surface area contributed by atoms with Crippen molar-refractivity contribution in [3.8, 4) is 5.75 Å². The average molecular weight is 445 g/mol. The van der Waals surface area contributed by atoms with Crippen molar-refractivity contribution in [2.24, 2.45) is 0 Å². The van der Waals surface area contributed by atoms with Gasteiger partial charge in [-0.15, -0.1) is 0 Å². The number of halogens is 1. The smallest absolute Gasteiger partial charge is 0.294 e. The van der Waals surface area contributed by atoms with Gasteiger partial charge in [0.05, 0.1) is 11.5 Å². The number of benzene rings is 2. The molecule has 0 aliphatic carbocycles. The van der Waals surface area contributed by atoms with Gasteiger partial charge in [-0.25, -0.2) is 0 Å². The number of carbonyl (C=O) groups is 3. The van der Waals surface area contributed by atoms with E-state index >= 15 is 0 Å². The molecule has 0 aromatic heterocycles. The second kappa shape index (κ2) is 9.82. The van der Waals surface area contributed by atoms with E-state index < -0.39 is 17.1 Å². The minimum atomic E-state index is -0.492. The summed E-state index contributed by atoms with van der Waals surface area (Å²) in [6.45, 7) is 4.15. The number of amides is 3. The van der Waals surface area contributed by atoms with E-state index in [0.29, 0.717) is 17.3 Å². The van der Waals surface area contributed by atoms with Crippen molar-refractivity contribution >= 4 is 52.2 Å². The Morgan fingerprint density at radius 2 is 1.93 bits per heavy atom. The van der Waals surface area contributed by atoms with Crippen molar-refractivity contribution in [2.75, 3.05) is 18.5 Å². The molecule has 3 amide bonds.